The van der Waals surface area contributed by atoms with Crippen molar-refractivity contribution in [3.05, 3.63) is 16.5 Å². The molecule has 1 aromatic rings. The standard InChI is InChI=1S/C9H11Cl2N3.C3H6O2/c10-7-6-12-9(11)13-8(7)14-4-2-1-3-5-14;1-2-5-3-4/h6H,1-5H2;3H,2H2,1H3. The Hall–Kier alpha value is -1.07. The molecule has 1 saturated heterocycles. The third kappa shape index (κ3) is 5.61. The maximum atomic E-state index is 9.18. The fraction of sp³-hybridized carbons (Fsp3) is 0.583. The fourth-order valence-corrected chi connectivity index (χ4v) is 2.07. The van der Waals surface area contributed by atoms with E-state index in [4.69, 9.17) is 23.2 Å². The van der Waals surface area contributed by atoms with Crippen molar-refractivity contribution in [1.82, 2.24) is 9.97 Å². The first kappa shape index (κ1) is 16.0. The summed E-state index contributed by atoms with van der Waals surface area (Å²) in [5.41, 5.74) is 0. The van der Waals surface area contributed by atoms with Crippen LogP contribution in [0.4, 0.5) is 5.82 Å². The van der Waals surface area contributed by atoms with Gasteiger partial charge in [0.05, 0.1) is 12.8 Å². The molecule has 0 spiro atoms. The molecule has 106 valence electrons. The molecule has 5 nitrogen and oxygen atoms in total. The third-order valence-corrected chi connectivity index (χ3v) is 3.04. The highest BCUT2D eigenvalue weighted by Gasteiger charge is 2.15. The summed E-state index contributed by atoms with van der Waals surface area (Å²) in [5.74, 6) is 0.770. The zero-order chi connectivity index (χ0) is 14.1. The molecule has 1 fully saturated rings. The van der Waals surface area contributed by atoms with Crippen molar-refractivity contribution in [2.45, 2.75) is 26.2 Å². The molecule has 0 unspecified atom stereocenters. The van der Waals surface area contributed by atoms with Crippen LogP contribution in [0.2, 0.25) is 10.3 Å². The SMILES string of the molecule is CCOC=O.Clc1ncc(Cl)c(N2CCCCC2)n1. The molecule has 0 amide bonds. The molecule has 1 aromatic heterocycles. The van der Waals surface area contributed by atoms with Crippen LogP contribution in [0.3, 0.4) is 0 Å². The Labute approximate surface area is 122 Å². The van der Waals surface area contributed by atoms with Crippen LogP contribution in [-0.4, -0.2) is 36.1 Å². The van der Waals surface area contributed by atoms with Gasteiger partial charge in [0.25, 0.3) is 6.47 Å². The first-order valence-electron chi connectivity index (χ1n) is 6.17. The van der Waals surface area contributed by atoms with Gasteiger partial charge in [-0.1, -0.05) is 11.6 Å². The topological polar surface area (TPSA) is 55.3 Å². The summed E-state index contributed by atoms with van der Waals surface area (Å²) in [6.07, 6.45) is 5.23. The summed E-state index contributed by atoms with van der Waals surface area (Å²) >= 11 is 11.7. The highest BCUT2D eigenvalue weighted by molar-refractivity contribution is 6.33. The number of aromatic nitrogens is 2. The van der Waals surface area contributed by atoms with Crippen molar-refractivity contribution in [2.24, 2.45) is 0 Å². The Morgan fingerprint density at radius 1 is 1.37 bits per heavy atom. The normalized spacial score (nSPS) is 14.4. The van der Waals surface area contributed by atoms with E-state index >= 15 is 0 Å². The number of carbonyl (C=O) groups excluding carboxylic acids is 1. The smallest absolute Gasteiger partial charge is 0.293 e. The van der Waals surface area contributed by atoms with Crippen LogP contribution in [0.1, 0.15) is 26.2 Å². The van der Waals surface area contributed by atoms with E-state index in [9.17, 15) is 4.79 Å². The van der Waals surface area contributed by atoms with Crippen LogP contribution in [-0.2, 0) is 9.53 Å². The molecule has 1 aliphatic heterocycles. The minimum atomic E-state index is 0.259. The Balaban J connectivity index is 0.000000312. The average Bonchev–Trinajstić information content (AvgIpc) is 2.44. The fourth-order valence-electron chi connectivity index (χ4n) is 1.73. The minimum Gasteiger partial charge on any atom is -0.468 e. The van der Waals surface area contributed by atoms with Crippen molar-refractivity contribution in [3.63, 3.8) is 0 Å². The summed E-state index contributed by atoms with van der Waals surface area (Å²) in [6, 6.07) is 0. The highest BCUT2D eigenvalue weighted by atomic mass is 35.5. The lowest BCUT2D eigenvalue weighted by Crippen LogP contribution is -2.30. The minimum absolute atomic E-state index is 0.259. The monoisotopic (exact) mass is 305 g/mol. The van der Waals surface area contributed by atoms with Crippen LogP contribution in [0, 0.1) is 0 Å². The molecular formula is C12H17Cl2N3O2. The molecule has 2 rings (SSSR count). The van der Waals surface area contributed by atoms with Crippen LogP contribution in [0.25, 0.3) is 0 Å². The number of hydrogen-bond donors (Lipinski definition) is 0. The van der Waals surface area contributed by atoms with Gasteiger partial charge < -0.3 is 9.64 Å². The second kappa shape index (κ2) is 8.93. The van der Waals surface area contributed by atoms with Gasteiger partial charge in [-0.2, -0.15) is 4.98 Å². The molecule has 0 aromatic carbocycles. The lowest BCUT2D eigenvalue weighted by molar-refractivity contribution is -0.128. The summed E-state index contributed by atoms with van der Waals surface area (Å²) < 4.78 is 4.15. The predicted molar refractivity (Wildman–Crippen MR) is 75.8 cm³/mol. The zero-order valence-corrected chi connectivity index (χ0v) is 12.3. The van der Waals surface area contributed by atoms with E-state index in [0.717, 1.165) is 18.9 Å². The number of carbonyl (C=O) groups is 1. The third-order valence-electron chi connectivity index (χ3n) is 2.59. The van der Waals surface area contributed by atoms with Crippen molar-refractivity contribution in [3.8, 4) is 0 Å². The molecule has 0 saturated carbocycles. The van der Waals surface area contributed by atoms with Gasteiger partial charge in [-0.15, -0.1) is 0 Å². The number of rotatable bonds is 3. The summed E-state index contributed by atoms with van der Waals surface area (Å²) in [7, 11) is 0. The Morgan fingerprint density at radius 3 is 2.58 bits per heavy atom. The van der Waals surface area contributed by atoms with E-state index in [1.807, 2.05) is 0 Å². The van der Waals surface area contributed by atoms with Crippen molar-refractivity contribution >= 4 is 35.5 Å². The van der Waals surface area contributed by atoms with Gasteiger partial charge in [0.15, 0.2) is 5.82 Å². The van der Waals surface area contributed by atoms with Crippen LogP contribution in [0.15, 0.2) is 6.20 Å². The number of hydrogen-bond acceptors (Lipinski definition) is 5. The number of halogens is 2. The van der Waals surface area contributed by atoms with Gasteiger partial charge in [0, 0.05) is 13.1 Å². The summed E-state index contributed by atoms with van der Waals surface area (Å²) in [4.78, 5) is 19.3. The lowest BCUT2D eigenvalue weighted by atomic mass is 10.1. The van der Waals surface area contributed by atoms with Crippen LogP contribution < -0.4 is 4.90 Å². The summed E-state index contributed by atoms with van der Waals surface area (Å²) in [6.45, 7) is 4.68. The predicted octanol–water partition coefficient (Wildman–Crippen LogP) is 2.95. The number of nitrogens with zero attached hydrogens (tertiary/aromatic N) is 3. The maximum absolute atomic E-state index is 9.18. The molecule has 0 N–H and O–H groups in total. The molecule has 0 radical (unpaired) electrons. The zero-order valence-electron chi connectivity index (χ0n) is 10.8. The molecular weight excluding hydrogens is 289 g/mol. The molecule has 0 atom stereocenters. The Bertz CT molecular complexity index is 399. The van der Waals surface area contributed by atoms with Gasteiger partial charge in [-0.05, 0) is 37.8 Å². The second-order valence-electron chi connectivity index (χ2n) is 3.91. The number of piperidine rings is 1. The van der Waals surface area contributed by atoms with E-state index in [2.05, 4.69) is 19.6 Å². The van der Waals surface area contributed by atoms with Crippen LogP contribution >= 0.6 is 23.2 Å². The molecule has 0 bridgehead atoms. The lowest BCUT2D eigenvalue weighted by Gasteiger charge is -2.28. The summed E-state index contributed by atoms with van der Waals surface area (Å²) in [5, 5.41) is 0.839. The molecule has 7 heteroatoms. The van der Waals surface area contributed by atoms with Crippen molar-refractivity contribution in [1.29, 1.82) is 0 Å². The van der Waals surface area contributed by atoms with E-state index < -0.39 is 0 Å². The molecule has 1 aliphatic rings. The van der Waals surface area contributed by atoms with E-state index in [1.54, 1.807) is 13.1 Å². The van der Waals surface area contributed by atoms with E-state index in [-0.39, 0.29) is 5.28 Å². The maximum Gasteiger partial charge on any atom is 0.293 e. The van der Waals surface area contributed by atoms with Gasteiger partial charge in [0.1, 0.15) is 5.02 Å². The van der Waals surface area contributed by atoms with E-state index in [1.165, 1.54) is 19.3 Å². The second-order valence-corrected chi connectivity index (χ2v) is 4.66. The van der Waals surface area contributed by atoms with Gasteiger partial charge in [-0.25, -0.2) is 4.98 Å². The van der Waals surface area contributed by atoms with Gasteiger partial charge in [-0.3, -0.25) is 4.79 Å². The number of ether oxygens (including phenoxy) is 1. The van der Waals surface area contributed by atoms with E-state index in [0.29, 0.717) is 18.1 Å². The van der Waals surface area contributed by atoms with Gasteiger partial charge >= 0.3 is 0 Å². The first-order chi connectivity index (χ1) is 9.19. The Morgan fingerprint density at radius 2 is 2.05 bits per heavy atom. The highest BCUT2D eigenvalue weighted by Crippen LogP contribution is 2.26. The first-order valence-corrected chi connectivity index (χ1v) is 6.92. The van der Waals surface area contributed by atoms with Crippen molar-refractivity contribution in [2.75, 3.05) is 24.6 Å². The molecule has 0 aliphatic carbocycles. The van der Waals surface area contributed by atoms with Crippen LogP contribution in [0.5, 0.6) is 0 Å². The quantitative estimate of drug-likeness (QED) is 0.635. The Kier molecular flexibility index (Phi) is 7.52. The molecule has 2 heterocycles. The van der Waals surface area contributed by atoms with Crippen molar-refractivity contribution < 1.29 is 9.53 Å². The largest absolute Gasteiger partial charge is 0.468 e. The molecule has 19 heavy (non-hydrogen) atoms. The van der Waals surface area contributed by atoms with Gasteiger partial charge in [0.2, 0.25) is 5.28 Å². The average molecular weight is 306 g/mol. The number of anilines is 1.